The Hall–Kier alpha value is -2.95. The molecule has 1 aromatic heterocycles. The van der Waals surface area contributed by atoms with Crippen molar-refractivity contribution in [3.8, 4) is 22.8 Å². The minimum Gasteiger partial charge on any atom is -0.504 e. The molecule has 0 fully saturated rings. The maximum atomic E-state index is 9.81. The van der Waals surface area contributed by atoms with Gasteiger partial charge in [0.05, 0.1) is 11.9 Å². The van der Waals surface area contributed by atoms with E-state index in [4.69, 9.17) is 4.74 Å². The van der Waals surface area contributed by atoms with Crippen molar-refractivity contribution in [1.29, 1.82) is 0 Å². The van der Waals surface area contributed by atoms with Gasteiger partial charge in [0.1, 0.15) is 5.60 Å². The molecule has 0 aliphatic rings. The van der Waals surface area contributed by atoms with E-state index in [-0.39, 0.29) is 11.4 Å². The molecular formula is C26H35N3O2. The fourth-order valence-electron chi connectivity index (χ4n) is 3.52. The van der Waals surface area contributed by atoms with Crippen LogP contribution in [0.15, 0.2) is 60.8 Å². The van der Waals surface area contributed by atoms with E-state index in [1.165, 1.54) is 24.8 Å². The summed E-state index contributed by atoms with van der Waals surface area (Å²) >= 11 is 0. The molecule has 0 bridgehead atoms. The molecule has 5 heteroatoms. The average molecular weight is 422 g/mol. The van der Waals surface area contributed by atoms with Gasteiger partial charge in [0.15, 0.2) is 11.5 Å². The summed E-state index contributed by atoms with van der Waals surface area (Å²) in [5.41, 5.74) is 3.04. The molecule has 0 saturated carbocycles. The lowest BCUT2D eigenvalue weighted by Crippen LogP contribution is -2.34. The van der Waals surface area contributed by atoms with Gasteiger partial charge in [-0.25, -0.2) is 0 Å². The van der Waals surface area contributed by atoms with Crippen LogP contribution in [0.1, 0.15) is 64.9 Å². The maximum absolute atomic E-state index is 9.81. The van der Waals surface area contributed by atoms with Crippen molar-refractivity contribution in [3.05, 3.63) is 66.4 Å². The number of rotatable bonds is 9. The third-order valence-electron chi connectivity index (χ3n) is 5.64. The summed E-state index contributed by atoms with van der Waals surface area (Å²) in [5, 5.41) is 21.0. The number of hydrogen-bond acceptors (Lipinski definition) is 5. The highest BCUT2D eigenvalue weighted by atomic mass is 16.5. The summed E-state index contributed by atoms with van der Waals surface area (Å²) in [6.45, 7) is 8.59. The summed E-state index contributed by atoms with van der Waals surface area (Å²) in [5.74, 6) is 0.844. The van der Waals surface area contributed by atoms with Crippen LogP contribution in [0.25, 0.3) is 11.3 Å². The van der Waals surface area contributed by atoms with Crippen molar-refractivity contribution >= 4 is 0 Å². The molecule has 3 aromatic rings. The van der Waals surface area contributed by atoms with Crippen molar-refractivity contribution in [1.82, 2.24) is 15.4 Å². The summed E-state index contributed by atoms with van der Waals surface area (Å²) in [6, 6.07) is 17.2. The van der Waals surface area contributed by atoms with Crippen LogP contribution in [0.4, 0.5) is 0 Å². The zero-order valence-corrected chi connectivity index (χ0v) is 19.2. The van der Waals surface area contributed by atoms with Gasteiger partial charge in [0.2, 0.25) is 0 Å². The van der Waals surface area contributed by atoms with E-state index >= 15 is 0 Å². The molecule has 166 valence electrons. The highest BCUT2D eigenvalue weighted by molar-refractivity contribution is 5.62. The molecule has 0 radical (unpaired) electrons. The number of nitrogens with zero attached hydrogens (tertiary/aromatic N) is 3. The predicted molar refractivity (Wildman–Crippen MR) is 126 cm³/mol. The quantitative estimate of drug-likeness (QED) is 0.387. The number of aromatic hydroxyl groups is 1. The van der Waals surface area contributed by atoms with E-state index in [1.807, 2.05) is 42.5 Å². The number of unbranched alkanes of at least 4 members (excludes halogenated alkanes) is 2. The van der Waals surface area contributed by atoms with Crippen molar-refractivity contribution in [2.24, 2.45) is 0 Å². The second kappa shape index (κ2) is 12.7. The Morgan fingerprint density at radius 1 is 0.903 bits per heavy atom. The lowest BCUT2D eigenvalue weighted by atomic mass is 9.90. The SMILES string of the molecule is CCCCCC(CC)(CC)Oc1ccccc1O.Cc1ccccc1-c1ccnnn1. The molecule has 0 aliphatic carbocycles. The molecule has 0 amide bonds. The molecule has 0 atom stereocenters. The maximum Gasteiger partial charge on any atom is 0.161 e. The van der Waals surface area contributed by atoms with E-state index < -0.39 is 0 Å². The largest absolute Gasteiger partial charge is 0.504 e. The highest BCUT2D eigenvalue weighted by Crippen LogP contribution is 2.34. The molecule has 5 nitrogen and oxygen atoms in total. The first-order chi connectivity index (χ1) is 15.0. The van der Waals surface area contributed by atoms with E-state index in [2.05, 4.69) is 49.2 Å². The molecule has 0 saturated heterocycles. The fourth-order valence-corrected chi connectivity index (χ4v) is 3.52. The van der Waals surface area contributed by atoms with E-state index in [9.17, 15) is 5.11 Å². The van der Waals surface area contributed by atoms with Gasteiger partial charge in [-0.2, -0.15) is 0 Å². The summed E-state index contributed by atoms with van der Waals surface area (Å²) in [6.07, 6.45) is 8.30. The van der Waals surface area contributed by atoms with Gasteiger partial charge in [-0.15, -0.1) is 10.2 Å². The number of para-hydroxylation sites is 2. The van der Waals surface area contributed by atoms with Gasteiger partial charge in [-0.1, -0.05) is 70.0 Å². The average Bonchev–Trinajstić information content (AvgIpc) is 2.81. The molecular weight excluding hydrogens is 386 g/mol. The van der Waals surface area contributed by atoms with Crippen molar-refractivity contribution in [3.63, 3.8) is 0 Å². The number of hydrogen-bond donors (Lipinski definition) is 1. The van der Waals surface area contributed by atoms with Crippen LogP contribution in [-0.2, 0) is 0 Å². The van der Waals surface area contributed by atoms with E-state index in [1.54, 1.807) is 12.3 Å². The Morgan fingerprint density at radius 2 is 1.61 bits per heavy atom. The molecule has 0 aliphatic heterocycles. The van der Waals surface area contributed by atoms with Crippen molar-refractivity contribution in [2.45, 2.75) is 71.8 Å². The Kier molecular flexibility index (Phi) is 9.95. The van der Waals surface area contributed by atoms with Crippen LogP contribution in [0.2, 0.25) is 0 Å². The molecule has 1 N–H and O–H groups in total. The van der Waals surface area contributed by atoms with Crippen molar-refractivity contribution in [2.75, 3.05) is 0 Å². The first-order valence-electron chi connectivity index (χ1n) is 11.2. The highest BCUT2D eigenvalue weighted by Gasteiger charge is 2.28. The van der Waals surface area contributed by atoms with Crippen LogP contribution >= 0.6 is 0 Å². The zero-order valence-electron chi connectivity index (χ0n) is 19.2. The Balaban J connectivity index is 0.000000231. The molecule has 31 heavy (non-hydrogen) atoms. The number of ether oxygens (including phenoxy) is 1. The topological polar surface area (TPSA) is 68.1 Å². The van der Waals surface area contributed by atoms with Crippen LogP contribution < -0.4 is 4.74 Å². The number of phenols is 1. The first-order valence-corrected chi connectivity index (χ1v) is 11.2. The van der Waals surface area contributed by atoms with E-state index in [0.29, 0.717) is 5.75 Å². The third kappa shape index (κ3) is 7.35. The minimum absolute atomic E-state index is 0.131. The van der Waals surface area contributed by atoms with Crippen LogP contribution in [0, 0.1) is 6.92 Å². The Morgan fingerprint density at radius 3 is 2.23 bits per heavy atom. The summed E-state index contributed by atoms with van der Waals surface area (Å²) in [7, 11) is 0. The van der Waals surface area contributed by atoms with Crippen molar-refractivity contribution < 1.29 is 9.84 Å². The zero-order chi connectivity index (χ0) is 22.5. The molecule has 0 spiro atoms. The van der Waals surface area contributed by atoms with Crippen LogP contribution in [-0.4, -0.2) is 26.1 Å². The molecule has 2 aromatic carbocycles. The second-order valence-electron chi connectivity index (χ2n) is 7.74. The molecule has 3 rings (SSSR count). The fraction of sp³-hybridized carbons (Fsp3) is 0.423. The normalized spacial score (nSPS) is 10.8. The smallest absolute Gasteiger partial charge is 0.161 e. The van der Waals surface area contributed by atoms with Gasteiger partial charge in [-0.05, 0) is 61.6 Å². The predicted octanol–water partition coefficient (Wildman–Crippen LogP) is 6.76. The standard InChI is InChI=1S/C16H26O2.C10H9N3/c1-4-7-10-13-16(5-2,6-3)18-15-12-9-8-11-14(15)17;1-8-4-2-3-5-9(8)10-6-7-11-13-12-10/h8-9,11-12,17H,4-7,10,13H2,1-3H3;2-7H,1H3. The number of phenolic OH excluding ortho intramolecular Hbond substituents is 1. The monoisotopic (exact) mass is 421 g/mol. The summed E-state index contributed by atoms with van der Waals surface area (Å²) in [4.78, 5) is 0. The molecule has 1 heterocycles. The first kappa shape index (κ1) is 24.3. The summed E-state index contributed by atoms with van der Waals surface area (Å²) < 4.78 is 6.13. The number of aryl methyl sites for hydroxylation is 1. The minimum atomic E-state index is -0.131. The van der Waals surface area contributed by atoms with Gasteiger partial charge in [0, 0.05) is 5.56 Å². The Bertz CT molecular complexity index is 896. The third-order valence-corrected chi connectivity index (χ3v) is 5.64. The van der Waals surface area contributed by atoms with Crippen LogP contribution in [0.3, 0.4) is 0 Å². The lowest BCUT2D eigenvalue weighted by Gasteiger charge is -2.33. The van der Waals surface area contributed by atoms with Gasteiger partial charge in [0.25, 0.3) is 0 Å². The Labute approximate surface area is 186 Å². The molecule has 0 unspecified atom stereocenters. The number of aromatic nitrogens is 3. The second-order valence-corrected chi connectivity index (χ2v) is 7.74. The lowest BCUT2D eigenvalue weighted by molar-refractivity contribution is 0.0456. The van der Waals surface area contributed by atoms with E-state index in [0.717, 1.165) is 30.5 Å². The van der Waals surface area contributed by atoms with Crippen LogP contribution in [0.5, 0.6) is 11.5 Å². The number of benzene rings is 2. The van der Waals surface area contributed by atoms with Gasteiger partial charge < -0.3 is 9.84 Å². The van der Waals surface area contributed by atoms with Gasteiger partial charge >= 0.3 is 0 Å². The van der Waals surface area contributed by atoms with Gasteiger partial charge in [-0.3, -0.25) is 0 Å².